The zero-order valence-electron chi connectivity index (χ0n) is 11.8. The number of esters is 1. The topological polar surface area (TPSA) is 59.6 Å². The van der Waals surface area contributed by atoms with E-state index in [9.17, 15) is 4.79 Å². The average molecular weight is 291 g/mol. The lowest BCUT2D eigenvalue weighted by molar-refractivity contribution is -0.171. The zero-order valence-corrected chi connectivity index (χ0v) is 12.5. The highest BCUT2D eigenvalue weighted by molar-refractivity contribution is 6.17. The molecule has 0 amide bonds. The van der Waals surface area contributed by atoms with Crippen molar-refractivity contribution in [3.8, 4) is 0 Å². The van der Waals surface area contributed by atoms with Crippen LogP contribution in [0.2, 0.25) is 0 Å². The van der Waals surface area contributed by atoms with E-state index >= 15 is 0 Å². The molecule has 1 rings (SSSR count). The Kier molecular flexibility index (Phi) is 6.45. The van der Waals surface area contributed by atoms with Gasteiger partial charge in [-0.15, -0.1) is 11.6 Å². The van der Waals surface area contributed by atoms with Crippen molar-refractivity contribution in [2.45, 2.75) is 31.3 Å². The molecule has 0 unspecified atom stereocenters. The number of carbonyl (C=O) groups is 1. The average Bonchev–Trinajstić information content (AvgIpc) is 2.48. The molecular formula is C13H23ClN2O3. The third kappa shape index (κ3) is 3.76. The van der Waals surface area contributed by atoms with Gasteiger partial charge >= 0.3 is 5.97 Å². The van der Waals surface area contributed by atoms with Crippen LogP contribution in [0.4, 0.5) is 0 Å². The lowest BCUT2D eigenvalue weighted by atomic mass is 9.77. The molecule has 0 aromatic heterocycles. The van der Waals surface area contributed by atoms with E-state index in [0.717, 1.165) is 18.5 Å². The van der Waals surface area contributed by atoms with E-state index in [4.69, 9.17) is 21.1 Å². The summed E-state index contributed by atoms with van der Waals surface area (Å²) in [7, 11) is 4.86. The smallest absolute Gasteiger partial charge is 0.338 e. The summed E-state index contributed by atoms with van der Waals surface area (Å²) in [6.07, 6.45) is 4.98. The summed E-state index contributed by atoms with van der Waals surface area (Å²) in [5.41, 5.74) is 0.333. The molecule has 0 bridgehead atoms. The van der Waals surface area contributed by atoms with E-state index in [2.05, 4.69) is 10.6 Å². The van der Waals surface area contributed by atoms with Gasteiger partial charge in [-0.1, -0.05) is 0 Å². The normalized spacial score (nSPS) is 27.8. The van der Waals surface area contributed by atoms with Crippen molar-refractivity contribution in [1.29, 1.82) is 0 Å². The highest BCUT2D eigenvalue weighted by Gasteiger charge is 2.43. The fourth-order valence-electron chi connectivity index (χ4n) is 2.62. The minimum absolute atomic E-state index is 0.276. The quantitative estimate of drug-likeness (QED) is 0.442. The van der Waals surface area contributed by atoms with Gasteiger partial charge in [-0.2, -0.15) is 0 Å². The third-order valence-corrected chi connectivity index (χ3v) is 3.96. The Morgan fingerprint density at radius 2 is 2.05 bits per heavy atom. The molecular weight excluding hydrogens is 268 g/mol. The van der Waals surface area contributed by atoms with Crippen LogP contribution in [0.15, 0.2) is 11.9 Å². The van der Waals surface area contributed by atoms with Crippen molar-refractivity contribution in [2.75, 3.05) is 27.3 Å². The summed E-state index contributed by atoms with van der Waals surface area (Å²) in [5.74, 6) is 0.107. The second-order valence-electron chi connectivity index (χ2n) is 4.65. The van der Waals surface area contributed by atoms with Gasteiger partial charge in [0.1, 0.15) is 0 Å². The molecule has 0 atom stereocenters. The van der Waals surface area contributed by atoms with Crippen molar-refractivity contribution < 1.29 is 14.3 Å². The van der Waals surface area contributed by atoms with Gasteiger partial charge in [-0.25, -0.2) is 4.79 Å². The lowest BCUT2D eigenvalue weighted by Crippen LogP contribution is -2.45. The number of carbonyl (C=O) groups excluding carboxylic acids is 1. The maximum atomic E-state index is 11.8. The molecule has 1 aliphatic carbocycles. The fraction of sp³-hybridized carbons (Fsp3) is 0.769. The molecule has 1 fully saturated rings. The Balaban J connectivity index is 2.67. The Hall–Kier alpha value is -0.940. The molecule has 1 aliphatic rings. The van der Waals surface area contributed by atoms with Crippen molar-refractivity contribution >= 4 is 17.6 Å². The molecule has 6 heteroatoms. The molecule has 0 aromatic carbocycles. The zero-order chi connectivity index (χ0) is 14.3. The van der Waals surface area contributed by atoms with Crippen molar-refractivity contribution in [3.63, 3.8) is 0 Å². The molecule has 0 spiro atoms. The first-order valence-corrected chi connectivity index (χ1v) is 6.97. The summed E-state index contributed by atoms with van der Waals surface area (Å²) in [4.78, 5) is 11.8. The standard InChI is InChI=1S/C13H23ClN2O3/c1-15-11(8-16-9-14)10-4-6-13(19-3,7-5-10)12(17)18-2/h8,10,15-16H,4-7,9H2,1-3H3/b11-8+. The van der Waals surface area contributed by atoms with Gasteiger partial charge in [0.15, 0.2) is 5.60 Å². The second-order valence-corrected chi connectivity index (χ2v) is 4.92. The molecule has 110 valence electrons. The van der Waals surface area contributed by atoms with Crippen LogP contribution in [-0.2, 0) is 14.3 Å². The van der Waals surface area contributed by atoms with E-state index in [-0.39, 0.29) is 5.97 Å². The van der Waals surface area contributed by atoms with Crippen LogP contribution in [0.1, 0.15) is 25.7 Å². The summed E-state index contributed by atoms with van der Waals surface area (Å²) >= 11 is 5.60. The SMILES string of the molecule is CN/C(=C/NCCl)C1CCC(OC)(C(=O)OC)CC1. The summed E-state index contributed by atoms with van der Waals surface area (Å²) in [6.45, 7) is 0. The molecule has 0 heterocycles. The third-order valence-electron chi connectivity index (χ3n) is 3.80. The molecule has 5 nitrogen and oxygen atoms in total. The first-order chi connectivity index (χ1) is 9.13. The number of hydrogen-bond acceptors (Lipinski definition) is 5. The van der Waals surface area contributed by atoms with Gasteiger partial charge in [-0.05, 0) is 25.7 Å². The van der Waals surface area contributed by atoms with E-state index < -0.39 is 5.60 Å². The van der Waals surface area contributed by atoms with Gasteiger partial charge < -0.3 is 20.1 Å². The second kappa shape index (κ2) is 7.60. The van der Waals surface area contributed by atoms with Crippen molar-refractivity contribution in [3.05, 3.63) is 11.9 Å². The number of methoxy groups -OCH3 is 2. The highest BCUT2D eigenvalue weighted by atomic mass is 35.5. The Bertz CT molecular complexity index is 326. The maximum Gasteiger partial charge on any atom is 0.338 e. The molecule has 2 N–H and O–H groups in total. The Morgan fingerprint density at radius 1 is 1.42 bits per heavy atom. The van der Waals surface area contributed by atoms with Gasteiger partial charge in [0, 0.05) is 32.0 Å². The van der Waals surface area contributed by atoms with E-state index in [1.165, 1.54) is 7.11 Å². The molecule has 0 saturated heterocycles. The van der Waals surface area contributed by atoms with E-state index in [1.54, 1.807) is 7.11 Å². The number of rotatable bonds is 6. The van der Waals surface area contributed by atoms with Crippen molar-refractivity contribution in [1.82, 2.24) is 10.6 Å². The predicted molar refractivity (Wildman–Crippen MR) is 74.7 cm³/mol. The number of halogens is 1. The lowest BCUT2D eigenvalue weighted by Gasteiger charge is -2.37. The molecule has 0 aromatic rings. The molecule has 0 radical (unpaired) electrons. The monoisotopic (exact) mass is 290 g/mol. The van der Waals surface area contributed by atoms with Gasteiger partial charge in [0.2, 0.25) is 0 Å². The van der Waals surface area contributed by atoms with E-state index in [1.807, 2.05) is 13.2 Å². The Morgan fingerprint density at radius 3 is 2.47 bits per heavy atom. The number of allylic oxidation sites excluding steroid dienone is 1. The number of ether oxygens (including phenoxy) is 2. The van der Waals surface area contributed by atoms with Crippen LogP contribution in [0.3, 0.4) is 0 Å². The largest absolute Gasteiger partial charge is 0.467 e. The van der Waals surface area contributed by atoms with Crippen LogP contribution in [0.25, 0.3) is 0 Å². The van der Waals surface area contributed by atoms with Gasteiger partial charge in [-0.3, -0.25) is 0 Å². The minimum atomic E-state index is -0.774. The van der Waals surface area contributed by atoms with Crippen LogP contribution in [-0.4, -0.2) is 38.8 Å². The fourth-order valence-corrected chi connectivity index (χ4v) is 2.69. The summed E-state index contributed by atoms with van der Waals surface area (Å²) in [6, 6.07) is 0.377. The van der Waals surface area contributed by atoms with Crippen LogP contribution >= 0.6 is 11.6 Å². The summed E-state index contributed by atoms with van der Waals surface area (Å²) in [5, 5.41) is 6.16. The highest BCUT2D eigenvalue weighted by Crippen LogP contribution is 2.37. The molecule has 1 saturated carbocycles. The first kappa shape index (κ1) is 16.1. The Labute approximate surface area is 119 Å². The number of alkyl halides is 1. The minimum Gasteiger partial charge on any atom is -0.467 e. The molecule has 0 aliphatic heterocycles. The van der Waals surface area contributed by atoms with Crippen molar-refractivity contribution in [2.24, 2.45) is 5.92 Å². The first-order valence-electron chi connectivity index (χ1n) is 6.44. The van der Waals surface area contributed by atoms with Gasteiger partial charge in [0.25, 0.3) is 0 Å². The number of nitrogens with one attached hydrogen (secondary N) is 2. The van der Waals surface area contributed by atoms with E-state index in [0.29, 0.717) is 24.8 Å². The van der Waals surface area contributed by atoms with Crippen LogP contribution in [0, 0.1) is 5.92 Å². The number of hydrogen-bond donors (Lipinski definition) is 2. The summed E-state index contributed by atoms with van der Waals surface area (Å²) < 4.78 is 10.3. The molecule has 19 heavy (non-hydrogen) atoms. The van der Waals surface area contributed by atoms with Crippen LogP contribution < -0.4 is 10.6 Å². The predicted octanol–water partition coefficient (Wildman–Crippen LogP) is 1.58. The van der Waals surface area contributed by atoms with Gasteiger partial charge in [0.05, 0.1) is 13.1 Å². The maximum absolute atomic E-state index is 11.8. The van der Waals surface area contributed by atoms with Crippen LogP contribution in [0.5, 0.6) is 0 Å².